The summed E-state index contributed by atoms with van der Waals surface area (Å²) in [5.74, 6) is 2.19. The first-order valence-electron chi connectivity index (χ1n) is 17.8. The monoisotopic (exact) mass is 688 g/mol. The van der Waals surface area contributed by atoms with Gasteiger partial charge in [0.25, 0.3) is 0 Å². The predicted molar refractivity (Wildman–Crippen MR) is 204 cm³/mol. The number of hydrogen-bond acceptors (Lipinski definition) is 7. The molecule has 0 aliphatic carbocycles. The second kappa shape index (κ2) is 20.6. The van der Waals surface area contributed by atoms with Gasteiger partial charge < -0.3 is 34.3 Å². The molecule has 2 aliphatic heterocycles. The Kier molecular flexibility index (Phi) is 17.3. The van der Waals surface area contributed by atoms with Gasteiger partial charge in [0.05, 0.1) is 25.4 Å². The lowest BCUT2D eigenvalue weighted by Gasteiger charge is -2.26. The highest BCUT2D eigenvalue weighted by Crippen LogP contribution is 2.34. The summed E-state index contributed by atoms with van der Waals surface area (Å²) in [7, 11) is 0. The van der Waals surface area contributed by atoms with Crippen molar-refractivity contribution in [3.63, 3.8) is 0 Å². The van der Waals surface area contributed by atoms with E-state index in [0.29, 0.717) is 25.1 Å². The van der Waals surface area contributed by atoms with Crippen molar-refractivity contribution in [2.24, 2.45) is 0 Å². The van der Waals surface area contributed by atoms with E-state index in [9.17, 15) is 15.3 Å². The van der Waals surface area contributed by atoms with Crippen molar-refractivity contribution in [2.75, 3.05) is 26.4 Å². The van der Waals surface area contributed by atoms with Crippen LogP contribution in [-0.4, -0.2) is 60.1 Å². The number of ether oxygens (including phenoxy) is 4. The zero-order valence-corrected chi connectivity index (χ0v) is 31.8. The van der Waals surface area contributed by atoms with Gasteiger partial charge >= 0.3 is 0 Å². The van der Waals surface area contributed by atoms with E-state index < -0.39 is 6.10 Å². The molecule has 0 amide bonds. The highest BCUT2D eigenvalue weighted by Gasteiger charge is 2.25. The summed E-state index contributed by atoms with van der Waals surface area (Å²) < 4.78 is 21.0. The molecule has 50 heavy (non-hydrogen) atoms. The van der Waals surface area contributed by atoms with Crippen LogP contribution in [0.15, 0.2) is 97.1 Å². The predicted octanol–water partition coefficient (Wildman–Crippen LogP) is 9.43. The lowest BCUT2D eigenvalue weighted by Crippen LogP contribution is -2.18. The molecule has 2 aliphatic rings. The highest BCUT2D eigenvalue weighted by molar-refractivity contribution is 5.43. The van der Waals surface area contributed by atoms with Crippen LogP contribution >= 0.6 is 0 Å². The second-order valence-corrected chi connectivity index (χ2v) is 13.0. The largest absolute Gasteiger partial charge is 0.508 e. The molecule has 3 atom stereocenters. The van der Waals surface area contributed by atoms with Gasteiger partial charge in [0.1, 0.15) is 42.3 Å². The first-order chi connectivity index (χ1) is 23.8. The molecule has 4 aromatic carbocycles. The van der Waals surface area contributed by atoms with Crippen LogP contribution in [0.4, 0.5) is 0 Å². The Morgan fingerprint density at radius 1 is 0.600 bits per heavy atom. The standard InChI is InChI=1S/C18H20O3.C18H22O3.C3H6O.2C2H6/c1-18(2,13-3-7-15(19)8-4-13)14-5-9-16(10-6-14)20-11-17-12-21-17;1-13(19)12-21-17-10-6-15(7-11-17)18(2,3)14-4-8-16(20)9-5-14;1-3-2-4-3;2*1-2/h3-10,17,19H,11-12H2,1-2H3;4-11,13,19-20H,12H2,1-3H3;3H,2H2,1H3;2*1-2H3. The average Bonchev–Trinajstić information content (AvgIpc) is 4.08. The number of aliphatic hydroxyl groups is 1. The Bertz CT molecular complexity index is 1370. The van der Waals surface area contributed by atoms with Gasteiger partial charge in [-0.25, -0.2) is 0 Å². The Balaban J connectivity index is 0.000000286. The molecule has 274 valence electrons. The summed E-state index contributed by atoms with van der Waals surface area (Å²) in [6, 6.07) is 30.7. The molecule has 2 saturated heterocycles. The van der Waals surface area contributed by atoms with E-state index in [1.165, 1.54) is 11.1 Å². The van der Waals surface area contributed by atoms with E-state index in [0.717, 1.165) is 35.8 Å². The van der Waals surface area contributed by atoms with Crippen LogP contribution in [0.3, 0.4) is 0 Å². The molecule has 7 nitrogen and oxygen atoms in total. The van der Waals surface area contributed by atoms with E-state index in [1.807, 2.05) is 88.4 Å². The van der Waals surface area contributed by atoms with Crippen molar-refractivity contribution in [1.82, 2.24) is 0 Å². The Morgan fingerprint density at radius 3 is 1.18 bits per heavy atom. The molecule has 0 spiro atoms. The van der Waals surface area contributed by atoms with Crippen LogP contribution < -0.4 is 9.47 Å². The Labute approximate surface area is 300 Å². The van der Waals surface area contributed by atoms with E-state index in [-0.39, 0.29) is 22.7 Å². The fourth-order valence-electron chi connectivity index (χ4n) is 4.69. The van der Waals surface area contributed by atoms with Crippen LogP contribution in [0.5, 0.6) is 23.0 Å². The zero-order chi connectivity index (χ0) is 37.3. The molecule has 0 radical (unpaired) electrons. The molecule has 3 unspecified atom stereocenters. The minimum Gasteiger partial charge on any atom is -0.508 e. The molecule has 4 aromatic rings. The smallest absolute Gasteiger partial charge is 0.119 e. The van der Waals surface area contributed by atoms with Crippen molar-refractivity contribution < 1.29 is 34.3 Å². The van der Waals surface area contributed by atoms with Gasteiger partial charge in [-0.15, -0.1) is 0 Å². The minimum atomic E-state index is -0.474. The molecule has 2 fully saturated rings. The number of rotatable bonds is 10. The lowest BCUT2D eigenvalue weighted by atomic mass is 9.78. The van der Waals surface area contributed by atoms with Crippen molar-refractivity contribution in [3.8, 4) is 23.0 Å². The summed E-state index contributed by atoms with van der Waals surface area (Å²) in [6.07, 6.45) is 0.385. The molecule has 0 saturated carbocycles. The van der Waals surface area contributed by atoms with Crippen LogP contribution in [0.2, 0.25) is 0 Å². The van der Waals surface area contributed by atoms with Gasteiger partial charge in [-0.1, -0.05) is 104 Å². The summed E-state index contributed by atoms with van der Waals surface area (Å²) in [4.78, 5) is 0. The topological polar surface area (TPSA) is 104 Å². The maximum atomic E-state index is 9.41. The molecule has 6 rings (SSSR count). The number of hydrogen-bond donors (Lipinski definition) is 3. The number of aliphatic hydroxyl groups excluding tert-OH is 1. The van der Waals surface area contributed by atoms with Gasteiger partial charge in [0.15, 0.2) is 0 Å². The summed E-state index contributed by atoms with van der Waals surface area (Å²) in [5.41, 5.74) is 4.40. The molecular formula is C43H60O7. The van der Waals surface area contributed by atoms with Crippen LogP contribution in [0, 0.1) is 0 Å². The third-order valence-electron chi connectivity index (χ3n) is 8.16. The third kappa shape index (κ3) is 14.1. The van der Waals surface area contributed by atoms with E-state index in [1.54, 1.807) is 31.2 Å². The van der Waals surface area contributed by atoms with Crippen LogP contribution in [0.1, 0.15) is 91.5 Å². The molecule has 0 aromatic heterocycles. The van der Waals surface area contributed by atoms with Crippen molar-refractivity contribution in [3.05, 3.63) is 119 Å². The van der Waals surface area contributed by atoms with Crippen molar-refractivity contribution >= 4 is 0 Å². The van der Waals surface area contributed by atoms with E-state index in [2.05, 4.69) is 46.8 Å². The lowest BCUT2D eigenvalue weighted by molar-refractivity contribution is 0.122. The fraction of sp³-hybridized carbons (Fsp3) is 0.442. The van der Waals surface area contributed by atoms with Gasteiger partial charge in [0.2, 0.25) is 0 Å². The van der Waals surface area contributed by atoms with Crippen molar-refractivity contribution in [1.29, 1.82) is 0 Å². The normalized spacial score (nSPS) is 16.2. The van der Waals surface area contributed by atoms with Crippen LogP contribution in [0.25, 0.3) is 0 Å². The maximum absolute atomic E-state index is 9.41. The maximum Gasteiger partial charge on any atom is 0.119 e. The second-order valence-electron chi connectivity index (χ2n) is 13.0. The number of benzene rings is 4. The quantitative estimate of drug-likeness (QED) is 0.143. The number of epoxide rings is 2. The first-order valence-corrected chi connectivity index (χ1v) is 17.8. The van der Waals surface area contributed by atoms with Crippen LogP contribution in [-0.2, 0) is 20.3 Å². The number of phenolic OH excluding ortho intramolecular Hbond substituents is 2. The molecular weight excluding hydrogens is 628 g/mol. The first kappa shape index (κ1) is 42.1. The highest BCUT2D eigenvalue weighted by atomic mass is 16.6. The van der Waals surface area contributed by atoms with Gasteiger partial charge in [0, 0.05) is 10.8 Å². The summed E-state index contributed by atoms with van der Waals surface area (Å²) in [6.45, 7) is 23.1. The summed E-state index contributed by atoms with van der Waals surface area (Å²) >= 11 is 0. The molecule has 3 N–H and O–H groups in total. The van der Waals surface area contributed by atoms with Gasteiger partial charge in [-0.2, -0.15) is 0 Å². The number of phenols is 2. The molecule has 2 heterocycles. The Morgan fingerprint density at radius 2 is 0.900 bits per heavy atom. The molecule has 0 bridgehead atoms. The molecule has 7 heteroatoms. The summed E-state index contributed by atoms with van der Waals surface area (Å²) in [5, 5.41) is 28.0. The van der Waals surface area contributed by atoms with Gasteiger partial charge in [-0.3, -0.25) is 0 Å². The zero-order valence-electron chi connectivity index (χ0n) is 31.8. The van der Waals surface area contributed by atoms with E-state index in [4.69, 9.17) is 18.9 Å². The Hall–Kier alpha value is -4.04. The SMILES string of the molecule is CC.CC.CC(C)(c1ccc(O)cc1)c1ccc(OCC2CO2)cc1.CC(O)COc1ccc(C(C)(C)c2ccc(O)cc2)cc1.CC1CO1. The van der Waals surface area contributed by atoms with E-state index >= 15 is 0 Å². The fourth-order valence-corrected chi connectivity index (χ4v) is 4.69. The minimum absolute atomic E-state index is 0.119. The van der Waals surface area contributed by atoms with Crippen molar-refractivity contribution in [2.45, 2.75) is 98.4 Å². The number of aromatic hydroxyl groups is 2. The average molecular weight is 689 g/mol. The third-order valence-corrected chi connectivity index (χ3v) is 8.16. The van der Waals surface area contributed by atoms with Gasteiger partial charge in [-0.05, 0) is 84.6 Å².